The Kier molecular flexibility index (Phi) is 2.46. The fourth-order valence-electron chi connectivity index (χ4n) is 1.36. The summed E-state index contributed by atoms with van der Waals surface area (Å²) in [5.74, 6) is -1.28. The summed E-state index contributed by atoms with van der Waals surface area (Å²) < 4.78 is 0. The van der Waals surface area contributed by atoms with E-state index in [0.717, 1.165) is 0 Å². The van der Waals surface area contributed by atoms with Gasteiger partial charge in [-0.1, -0.05) is 0 Å². The molecule has 1 rings (SSSR count). The van der Waals surface area contributed by atoms with E-state index in [1.54, 1.807) is 0 Å². The van der Waals surface area contributed by atoms with Crippen LogP contribution in [0.3, 0.4) is 0 Å². The molecule has 1 aliphatic heterocycles. The van der Waals surface area contributed by atoms with Crippen LogP contribution in [-0.4, -0.2) is 34.9 Å². The molecule has 0 aromatic heterocycles. The number of carboxylic acid groups (broad SMARTS) is 1. The molecular weight excluding hydrogens is 146 g/mol. The second-order valence-electron chi connectivity index (χ2n) is 3.03. The van der Waals surface area contributed by atoms with E-state index in [0.29, 0.717) is 13.0 Å². The Labute approximate surface area is 65.2 Å². The van der Waals surface area contributed by atoms with Crippen LogP contribution in [0.4, 0.5) is 0 Å². The Morgan fingerprint density at radius 3 is 2.73 bits per heavy atom. The Morgan fingerprint density at radius 1 is 1.64 bits per heavy atom. The third kappa shape index (κ3) is 1.91. The number of carbonyl (C=O) groups is 1. The zero-order valence-electron chi connectivity index (χ0n) is 6.45. The minimum Gasteiger partial charge on any atom is -0.481 e. The van der Waals surface area contributed by atoms with Crippen LogP contribution in [-0.2, 0) is 4.79 Å². The molecule has 0 amide bonds. The zero-order chi connectivity index (χ0) is 8.43. The molecule has 64 valence electrons. The lowest BCUT2D eigenvalue weighted by Crippen LogP contribution is -2.48. The number of hydrogen-bond donors (Lipinski definition) is 3. The van der Waals surface area contributed by atoms with Crippen molar-refractivity contribution in [3.05, 3.63) is 0 Å². The Bertz CT molecular complexity index is 160. The van der Waals surface area contributed by atoms with Crippen LogP contribution in [0.1, 0.15) is 13.3 Å². The second-order valence-corrected chi connectivity index (χ2v) is 3.03. The molecule has 0 radical (unpaired) electrons. The highest BCUT2D eigenvalue weighted by Gasteiger charge is 2.31. The predicted molar refractivity (Wildman–Crippen MR) is 39.2 cm³/mol. The average molecular weight is 159 g/mol. The van der Waals surface area contributed by atoms with Crippen LogP contribution in [0.2, 0.25) is 0 Å². The van der Waals surface area contributed by atoms with Crippen LogP contribution >= 0.6 is 0 Å². The fourth-order valence-corrected chi connectivity index (χ4v) is 1.36. The molecule has 0 aromatic rings. The molecule has 0 bridgehead atoms. The molecule has 1 aliphatic rings. The Hall–Kier alpha value is -0.610. The maximum Gasteiger partial charge on any atom is 0.308 e. The van der Waals surface area contributed by atoms with Crippen molar-refractivity contribution in [2.24, 2.45) is 5.92 Å². The van der Waals surface area contributed by atoms with Crippen molar-refractivity contribution in [1.82, 2.24) is 5.32 Å². The van der Waals surface area contributed by atoms with Gasteiger partial charge in [0, 0.05) is 12.6 Å². The zero-order valence-corrected chi connectivity index (χ0v) is 6.45. The quantitative estimate of drug-likeness (QED) is 0.479. The lowest BCUT2D eigenvalue weighted by atomic mass is 9.91. The summed E-state index contributed by atoms with van der Waals surface area (Å²) in [5, 5.41) is 20.7. The van der Waals surface area contributed by atoms with Crippen molar-refractivity contribution < 1.29 is 15.0 Å². The van der Waals surface area contributed by atoms with Gasteiger partial charge in [0.25, 0.3) is 0 Å². The van der Waals surface area contributed by atoms with E-state index in [4.69, 9.17) is 10.2 Å². The first kappa shape index (κ1) is 8.49. The largest absolute Gasteiger partial charge is 0.481 e. The number of β-amino-alcohol motifs (C(OH)–C–C–N with tert-alkyl or cyclic N) is 1. The van der Waals surface area contributed by atoms with Crippen LogP contribution in [0.5, 0.6) is 0 Å². The minimum atomic E-state index is -0.830. The van der Waals surface area contributed by atoms with Gasteiger partial charge in [0.1, 0.15) is 0 Å². The van der Waals surface area contributed by atoms with Crippen LogP contribution in [0, 0.1) is 5.92 Å². The number of aliphatic carboxylic acids is 1. The van der Waals surface area contributed by atoms with E-state index in [1.807, 2.05) is 6.92 Å². The number of hydrogen-bond acceptors (Lipinski definition) is 3. The Balaban J connectivity index is 2.54. The molecule has 4 nitrogen and oxygen atoms in total. The second kappa shape index (κ2) is 3.19. The lowest BCUT2D eigenvalue weighted by molar-refractivity contribution is -0.144. The Morgan fingerprint density at radius 2 is 2.27 bits per heavy atom. The highest BCUT2D eigenvalue weighted by molar-refractivity contribution is 5.71. The summed E-state index contributed by atoms with van der Waals surface area (Å²) in [6, 6.07) is -0.0316. The van der Waals surface area contributed by atoms with E-state index in [2.05, 4.69) is 5.32 Å². The SMILES string of the molecule is CC1NC[C@H](O)C[C@H]1C(=O)O. The fraction of sp³-hybridized carbons (Fsp3) is 0.857. The number of nitrogens with one attached hydrogen (secondary N) is 1. The van der Waals surface area contributed by atoms with Gasteiger partial charge in [0.2, 0.25) is 0 Å². The van der Waals surface area contributed by atoms with Crippen molar-refractivity contribution in [3.63, 3.8) is 0 Å². The van der Waals surface area contributed by atoms with Gasteiger partial charge < -0.3 is 15.5 Å². The van der Waals surface area contributed by atoms with Crippen molar-refractivity contribution >= 4 is 5.97 Å². The molecule has 3 N–H and O–H groups in total. The molecule has 0 aliphatic carbocycles. The van der Waals surface area contributed by atoms with Gasteiger partial charge in [0.05, 0.1) is 12.0 Å². The van der Waals surface area contributed by atoms with Gasteiger partial charge in [-0.05, 0) is 13.3 Å². The van der Waals surface area contributed by atoms with Gasteiger partial charge in [-0.2, -0.15) is 0 Å². The highest BCUT2D eigenvalue weighted by Crippen LogP contribution is 2.16. The molecule has 11 heavy (non-hydrogen) atoms. The van der Waals surface area contributed by atoms with Crippen molar-refractivity contribution in [2.45, 2.75) is 25.5 Å². The number of rotatable bonds is 1. The van der Waals surface area contributed by atoms with E-state index in [-0.39, 0.29) is 6.04 Å². The smallest absolute Gasteiger partial charge is 0.308 e. The standard InChI is InChI=1S/C7H13NO3/c1-4-6(7(10)11)2-5(9)3-8-4/h4-6,8-9H,2-3H2,1H3,(H,10,11)/t4?,5-,6-/m1/s1. The van der Waals surface area contributed by atoms with Crippen molar-refractivity contribution in [3.8, 4) is 0 Å². The minimum absolute atomic E-state index is 0.0316. The van der Waals surface area contributed by atoms with Gasteiger partial charge >= 0.3 is 5.97 Å². The lowest BCUT2D eigenvalue weighted by Gasteiger charge is -2.29. The van der Waals surface area contributed by atoms with Gasteiger partial charge in [0.15, 0.2) is 0 Å². The molecule has 0 spiro atoms. The first-order valence-electron chi connectivity index (χ1n) is 3.75. The first-order valence-corrected chi connectivity index (χ1v) is 3.75. The molecule has 1 fully saturated rings. The molecule has 1 unspecified atom stereocenters. The third-order valence-corrected chi connectivity index (χ3v) is 2.12. The van der Waals surface area contributed by atoms with E-state index in [1.165, 1.54) is 0 Å². The third-order valence-electron chi connectivity index (χ3n) is 2.12. The molecule has 0 saturated carbocycles. The summed E-state index contributed by atoms with van der Waals surface area (Å²) in [5.41, 5.74) is 0. The summed E-state index contributed by atoms with van der Waals surface area (Å²) in [6.45, 7) is 2.33. The maximum atomic E-state index is 10.6. The van der Waals surface area contributed by atoms with Crippen molar-refractivity contribution in [1.29, 1.82) is 0 Å². The molecule has 3 atom stereocenters. The van der Waals surface area contributed by atoms with Gasteiger partial charge in [-0.3, -0.25) is 4.79 Å². The summed E-state index contributed by atoms with van der Waals surface area (Å²) >= 11 is 0. The maximum absolute atomic E-state index is 10.6. The van der Waals surface area contributed by atoms with Crippen LogP contribution < -0.4 is 5.32 Å². The number of aliphatic hydroxyl groups is 1. The summed E-state index contributed by atoms with van der Waals surface area (Å²) in [6.07, 6.45) is -0.143. The monoisotopic (exact) mass is 159 g/mol. The van der Waals surface area contributed by atoms with E-state index >= 15 is 0 Å². The normalized spacial score (nSPS) is 38.5. The molecule has 4 heteroatoms. The summed E-state index contributed by atoms with van der Waals surface area (Å²) in [4.78, 5) is 10.6. The molecule has 0 aromatic carbocycles. The number of piperidine rings is 1. The molecule has 1 heterocycles. The van der Waals surface area contributed by atoms with Gasteiger partial charge in [-0.15, -0.1) is 0 Å². The topological polar surface area (TPSA) is 69.6 Å². The van der Waals surface area contributed by atoms with Crippen LogP contribution in [0.15, 0.2) is 0 Å². The molecular formula is C7H13NO3. The first-order chi connectivity index (χ1) is 5.11. The highest BCUT2D eigenvalue weighted by atomic mass is 16.4. The number of aliphatic hydroxyl groups excluding tert-OH is 1. The van der Waals surface area contributed by atoms with Crippen molar-refractivity contribution in [2.75, 3.05) is 6.54 Å². The van der Waals surface area contributed by atoms with Gasteiger partial charge in [-0.25, -0.2) is 0 Å². The predicted octanol–water partition coefficient (Wildman–Crippen LogP) is -0.570. The van der Waals surface area contributed by atoms with E-state index < -0.39 is 18.0 Å². The number of carboxylic acids is 1. The van der Waals surface area contributed by atoms with E-state index in [9.17, 15) is 4.79 Å². The van der Waals surface area contributed by atoms with Crippen LogP contribution in [0.25, 0.3) is 0 Å². The summed E-state index contributed by atoms with van der Waals surface area (Å²) in [7, 11) is 0. The average Bonchev–Trinajstić information content (AvgIpc) is 1.94. The molecule has 1 saturated heterocycles.